The van der Waals surface area contributed by atoms with Gasteiger partial charge in [-0.05, 0) is 0 Å². The molecule has 0 aromatic carbocycles. The minimum Gasteiger partial charge on any atom is -0.395 e. The molecule has 0 saturated carbocycles. The van der Waals surface area contributed by atoms with Crippen LogP contribution in [0.25, 0.3) is 0 Å². The number of aliphatic hydroxyl groups is 2. The maximum atomic E-state index is 8.30. The van der Waals surface area contributed by atoms with Crippen molar-refractivity contribution in [1.82, 2.24) is 5.01 Å². The molecule has 0 rings (SSSR count). The van der Waals surface area contributed by atoms with E-state index in [2.05, 4.69) is 5.84 Å². The normalized spacial score (nSPS) is 9.00. The van der Waals surface area contributed by atoms with E-state index in [9.17, 15) is 0 Å². The molecule has 0 atom stereocenters. The summed E-state index contributed by atoms with van der Waals surface area (Å²) in [6, 6.07) is 0. The summed E-state index contributed by atoms with van der Waals surface area (Å²) in [4.78, 5) is 8.25. The highest BCUT2D eigenvalue weighted by atomic mass is 16.9. The second kappa shape index (κ2) is 10.0. The molecule has 0 aromatic rings. The molecule has 0 radical (unpaired) electrons. The third-order valence-electron chi connectivity index (χ3n) is 0.832. The molecule has 5 N–H and O–H groups in total. The van der Waals surface area contributed by atoms with Crippen molar-refractivity contribution >= 4 is 0 Å². The predicted octanol–water partition coefficient (Wildman–Crippen LogP) is -2.81. The molecule has 74 valence electrons. The van der Waals surface area contributed by atoms with E-state index in [-0.39, 0.29) is 13.2 Å². The van der Waals surface area contributed by atoms with Crippen LogP contribution in [-0.2, 0) is 0 Å². The molecule has 0 fully saturated rings. The van der Waals surface area contributed by atoms with Gasteiger partial charge in [0.15, 0.2) is 0 Å². The van der Waals surface area contributed by atoms with E-state index >= 15 is 0 Å². The van der Waals surface area contributed by atoms with Crippen molar-refractivity contribution in [2.45, 2.75) is 0 Å². The molecule has 0 amide bonds. The lowest BCUT2D eigenvalue weighted by Gasteiger charge is -2.06. The number of rotatable bonds is 4. The zero-order valence-electron chi connectivity index (χ0n) is 6.55. The van der Waals surface area contributed by atoms with E-state index in [1.165, 1.54) is 0 Å². The lowest BCUT2D eigenvalue weighted by molar-refractivity contribution is -0.575. The second-order valence-electron chi connectivity index (χ2n) is 1.79. The SMILES string of the molecule is O=[N+]([O-])[O-].[NH3+]N(CCO)CCO. The van der Waals surface area contributed by atoms with E-state index in [1.54, 1.807) is 5.01 Å². The first-order chi connectivity index (χ1) is 5.54. The van der Waals surface area contributed by atoms with E-state index in [1.807, 2.05) is 0 Å². The molecule has 0 aliphatic heterocycles. The molecule has 0 spiro atoms. The summed E-state index contributed by atoms with van der Waals surface area (Å²) in [5, 5.41) is 33.0. The van der Waals surface area contributed by atoms with Crippen molar-refractivity contribution in [3.8, 4) is 0 Å². The van der Waals surface area contributed by atoms with Gasteiger partial charge in [-0.3, -0.25) is 5.84 Å². The molecule has 0 aliphatic carbocycles. The fourth-order valence-electron chi connectivity index (χ4n) is 0.395. The maximum Gasteiger partial charge on any atom is 0.0705 e. The zero-order valence-corrected chi connectivity index (χ0v) is 6.55. The molecule has 8 nitrogen and oxygen atoms in total. The summed E-state index contributed by atoms with van der Waals surface area (Å²) in [7, 11) is 0. The molecule has 0 bridgehead atoms. The predicted molar refractivity (Wildman–Crippen MR) is 39.0 cm³/mol. The van der Waals surface area contributed by atoms with Crippen LogP contribution in [0.4, 0.5) is 0 Å². The summed E-state index contributed by atoms with van der Waals surface area (Å²) in [5.41, 5.74) is 0. The molecule has 0 aromatic heterocycles. The third kappa shape index (κ3) is 23.0. The van der Waals surface area contributed by atoms with Crippen LogP contribution in [0, 0.1) is 15.3 Å². The molecule has 12 heavy (non-hydrogen) atoms. The summed E-state index contributed by atoms with van der Waals surface area (Å²) < 4.78 is 0. The van der Waals surface area contributed by atoms with Gasteiger partial charge in [-0.2, -0.15) is 5.01 Å². The van der Waals surface area contributed by atoms with Crippen molar-refractivity contribution in [2.24, 2.45) is 0 Å². The van der Waals surface area contributed by atoms with Gasteiger partial charge in [-0.15, -0.1) is 0 Å². The average molecular weight is 183 g/mol. The van der Waals surface area contributed by atoms with Gasteiger partial charge in [0.1, 0.15) is 0 Å². The molecule has 0 unspecified atom stereocenters. The van der Waals surface area contributed by atoms with Gasteiger partial charge in [0.05, 0.1) is 31.4 Å². The fourth-order valence-corrected chi connectivity index (χ4v) is 0.395. The smallest absolute Gasteiger partial charge is 0.0705 e. The molecular formula is C4H13N3O5. The van der Waals surface area contributed by atoms with E-state index in [4.69, 9.17) is 25.5 Å². The number of hydrogen-bond acceptors (Lipinski definition) is 6. The van der Waals surface area contributed by atoms with Crippen molar-refractivity contribution in [1.29, 1.82) is 0 Å². The topological polar surface area (TPSA) is 138 Å². The first kappa shape index (κ1) is 13.6. The Balaban J connectivity index is 0. The Morgan fingerprint density at radius 3 is 1.67 bits per heavy atom. The van der Waals surface area contributed by atoms with Gasteiger partial charge in [-0.1, -0.05) is 0 Å². The monoisotopic (exact) mass is 183 g/mol. The highest BCUT2D eigenvalue weighted by molar-refractivity contribution is 4.37. The van der Waals surface area contributed by atoms with Gasteiger partial charge in [0.25, 0.3) is 0 Å². The third-order valence-corrected chi connectivity index (χ3v) is 0.832. The van der Waals surface area contributed by atoms with Crippen molar-refractivity contribution < 1.29 is 21.1 Å². The standard InChI is InChI=1S/C4H12N2O2.NO3/c5-6(1-3-7)2-4-8;2-1(3)4/h7-8H,1-5H2;/q;-1/p+1. The number of quaternary nitrogens is 1. The Hall–Kier alpha value is -0.960. The van der Waals surface area contributed by atoms with E-state index < -0.39 is 5.09 Å². The van der Waals surface area contributed by atoms with Crippen molar-refractivity contribution in [3.63, 3.8) is 0 Å². The molecule has 0 saturated heterocycles. The fraction of sp³-hybridized carbons (Fsp3) is 1.00. The van der Waals surface area contributed by atoms with E-state index in [0.717, 1.165) is 0 Å². The van der Waals surface area contributed by atoms with Crippen LogP contribution >= 0.6 is 0 Å². The first-order valence-corrected chi connectivity index (χ1v) is 3.13. The Bertz CT molecular complexity index is 101. The van der Waals surface area contributed by atoms with Gasteiger partial charge in [0.2, 0.25) is 0 Å². The zero-order chi connectivity index (χ0) is 9.98. The molecule has 0 heterocycles. The maximum absolute atomic E-state index is 8.30. The quantitative estimate of drug-likeness (QED) is 0.317. The van der Waals surface area contributed by atoms with Gasteiger partial charge in [-0.25, -0.2) is 0 Å². The Kier molecular flexibility index (Phi) is 11.4. The van der Waals surface area contributed by atoms with Gasteiger partial charge in [0, 0.05) is 0 Å². The summed E-state index contributed by atoms with van der Waals surface area (Å²) >= 11 is 0. The Labute approximate surface area is 68.9 Å². The molecule has 8 heteroatoms. The highest BCUT2D eigenvalue weighted by Crippen LogP contribution is 1.69. The number of nitrogens with zero attached hydrogens (tertiary/aromatic N) is 2. The summed E-state index contributed by atoms with van der Waals surface area (Å²) in [6.07, 6.45) is 0. The lowest BCUT2D eigenvalue weighted by atomic mass is 10.6. The van der Waals surface area contributed by atoms with Crippen LogP contribution in [0.5, 0.6) is 0 Å². The Morgan fingerprint density at radius 1 is 1.25 bits per heavy atom. The van der Waals surface area contributed by atoms with Gasteiger partial charge >= 0.3 is 0 Å². The van der Waals surface area contributed by atoms with E-state index in [0.29, 0.717) is 13.1 Å². The van der Waals surface area contributed by atoms with Gasteiger partial charge < -0.3 is 25.5 Å². The Morgan fingerprint density at radius 2 is 1.50 bits per heavy atom. The minimum atomic E-state index is -1.75. The van der Waals surface area contributed by atoms with Crippen LogP contribution in [0.1, 0.15) is 0 Å². The van der Waals surface area contributed by atoms with Crippen molar-refractivity contribution in [2.75, 3.05) is 26.3 Å². The van der Waals surface area contributed by atoms with Crippen LogP contribution in [0.2, 0.25) is 0 Å². The second-order valence-corrected chi connectivity index (χ2v) is 1.79. The number of hydrogen-bond donors (Lipinski definition) is 3. The summed E-state index contributed by atoms with van der Waals surface area (Å²) in [5.74, 6) is 3.53. The first-order valence-electron chi connectivity index (χ1n) is 3.13. The van der Waals surface area contributed by atoms with Crippen LogP contribution in [0.15, 0.2) is 0 Å². The minimum absolute atomic E-state index is 0.101. The van der Waals surface area contributed by atoms with Crippen LogP contribution in [-0.4, -0.2) is 46.6 Å². The largest absolute Gasteiger partial charge is 0.395 e. The van der Waals surface area contributed by atoms with Crippen LogP contribution in [0.3, 0.4) is 0 Å². The molecular weight excluding hydrogens is 170 g/mol. The van der Waals surface area contributed by atoms with Crippen LogP contribution < -0.4 is 5.84 Å². The highest BCUT2D eigenvalue weighted by Gasteiger charge is 1.96. The average Bonchev–Trinajstić information content (AvgIpc) is 1.87. The molecule has 0 aliphatic rings. The lowest BCUT2D eigenvalue weighted by Crippen LogP contribution is -2.68. The summed E-state index contributed by atoms with van der Waals surface area (Å²) in [6.45, 7) is 1.26. The number of aliphatic hydroxyl groups excluding tert-OH is 2. The van der Waals surface area contributed by atoms with Crippen molar-refractivity contribution in [3.05, 3.63) is 15.3 Å².